The molecule has 0 saturated carbocycles. The van der Waals surface area contributed by atoms with Gasteiger partial charge in [0.25, 0.3) is 5.91 Å². The quantitative estimate of drug-likeness (QED) is 0.813. The van der Waals surface area contributed by atoms with Crippen molar-refractivity contribution >= 4 is 29.2 Å². The molecule has 0 fully saturated rings. The summed E-state index contributed by atoms with van der Waals surface area (Å²) in [4.78, 5) is 22.7. The lowest BCUT2D eigenvalue weighted by molar-refractivity contribution is 0.0693. The number of aromatic carboxylic acids is 1. The van der Waals surface area contributed by atoms with E-state index in [1.54, 1.807) is 0 Å². The molecule has 0 aromatic heterocycles. The molecule has 21 heavy (non-hydrogen) atoms. The number of carboxylic acid groups (broad SMARTS) is 1. The summed E-state index contributed by atoms with van der Waals surface area (Å²) in [7, 11) is 0. The molecule has 0 atom stereocenters. The normalized spacial score (nSPS) is 10.2. The summed E-state index contributed by atoms with van der Waals surface area (Å²) in [5.74, 6) is -2.97. The molecule has 0 radical (unpaired) electrons. The maximum absolute atomic E-state index is 13.0. The van der Waals surface area contributed by atoms with Crippen LogP contribution in [0.1, 0.15) is 20.7 Å². The number of phenols is 1. The van der Waals surface area contributed by atoms with Crippen LogP contribution in [0, 0.1) is 5.82 Å². The van der Waals surface area contributed by atoms with Crippen molar-refractivity contribution in [1.29, 1.82) is 0 Å². The van der Waals surface area contributed by atoms with Crippen LogP contribution in [0.3, 0.4) is 0 Å². The van der Waals surface area contributed by atoms with Crippen LogP contribution in [0.5, 0.6) is 5.75 Å². The summed E-state index contributed by atoms with van der Waals surface area (Å²) in [6.07, 6.45) is 0. The molecule has 2 rings (SSSR count). The fraction of sp³-hybridized carbons (Fsp3) is 0. The first-order chi connectivity index (χ1) is 9.88. The molecule has 0 aliphatic heterocycles. The van der Waals surface area contributed by atoms with Gasteiger partial charge in [-0.3, -0.25) is 4.79 Å². The van der Waals surface area contributed by atoms with Crippen LogP contribution in [-0.4, -0.2) is 22.1 Å². The molecule has 2 aromatic rings. The Labute approximate surface area is 123 Å². The van der Waals surface area contributed by atoms with Crippen molar-refractivity contribution in [1.82, 2.24) is 0 Å². The van der Waals surface area contributed by atoms with Gasteiger partial charge in [0.05, 0.1) is 5.02 Å². The molecule has 108 valence electrons. The zero-order valence-electron chi connectivity index (χ0n) is 10.4. The summed E-state index contributed by atoms with van der Waals surface area (Å²) in [6, 6.07) is 7.06. The SMILES string of the molecule is O=C(Nc1ccc(C(=O)O)c(O)c1)c1ccc(F)c(Cl)c1. The number of carboxylic acids is 1. The van der Waals surface area contributed by atoms with Crippen molar-refractivity contribution in [3.8, 4) is 5.75 Å². The number of halogens is 2. The monoisotopic (exact) mass is 309 g/mol. The van der Waals surface area contributed by atoms with E-state index in [1.165, 1.54) is 12.1 Å². The average molecular weight is 310 g/mol. The lowest BCUT2D eigenvalue weighted by atomic mass is 10.1. The summed E-state index contributed by atoms with van der Waals surface area (Å²) in [5.41, 5.74) is 0.0453. The van der Waals surface area contributed by atoms with E-state index in [4.69, 9.17) is 16.7 Å². The highest BCUT2D eigenvalue weighted by atomic mass is 35.5. The van der Waals surface area contributed by atoms with Crippen molar-refractivity contribution in [3.63, 3.8) is 0 Å². The molecule has 1 amide bonds. The van der Waals surface area contributed by atoms with E-state index in [1.807, 2.05) is 0 Å². The first kappa shape index (κ1) is 14.8. The van der Waals surface area contributed by atoms with Gasteiger partial charge >= 0.3 is 5.97 Å². The Hall–Kier alpha value is -2.60. The molecule has 3 N–H and O–H groups in total. The summed E-state index contributed by atoms with van der Waals surface area (Å²) >= 11 is 5.58. The Morgan fingerprint density at radius 3 is 2.43 bits per heavy atom. The van der Waals surface area contributed by atoms with Gasteiger partial charge in [-0.05, 0) is 30.3 Å². The third kappa shape index (κ3) is 3.29. The Balaban J connectivity index is 2.21. The maximum Gasteiger partial charge on any atom is 0.339 e. The van der Waals surface area contributed by atoms with Crippen LogP contribution in [0.25, 0.3) is 0 Å². The average Bonchev–Trinajstić information content (AvgIpc) is 2.41. The molecule has 0 aliphatic rings. The second kappa shape index (κ2) is 5.80. The predicted octanol–water partition coefficient (Wildman–Crippen LogP) is 3.14. The number of aromatic hydroxyl groups is 1. The topological polar surface area (TPSA) is 86.6 Å². The van der Waals surface area contributed by atoms with Crippen molar-refractivity contribution in [2.24, 2.45) is 0 Å². The molecular weight excluding hydrogens is 301 g/mol. The Kier molecular flexibility index (Phi) is 4.09. The fourth-order valence-electron chi connectivity index (χ4n) is 1.63. The molecule has 0 saturated heterocycles. The number of carbonyl (C=O) groups excluding carboxylic acids is 1. The maximum atomic E-state index is 13.0. The largest absolute Gasteiger partial charge is 0.507 e. The van der Waals surface area contributed by atoms with Crippen LogP contribution in [0.2, 0.25) is 5.02 Å². The molecule has 0 unspecified atom stereocenters. The van der Waals surface area contributed by atoms with E-state index in [0.717, 1.165) is 24.3 Å². The molecule has 0 heterocycles. The van der Waals surface area contributed by atoms with Gasteiger partial charge in [0.2, 0.25) is 0 Å². The zero-order chi connectivity index (χ0) is 15.6. The summed E-state index contributed by atoms with van der Waals surface area (Å²) in [6.45, 7) is 0. The van der Waals surface area contributed by atoms with Gasteiger partial charge in [-0.1, -0.05) is 11.6 Å². The lowest BCUT2D eigenvalue weighted by Gasteiger charge is -2.07. The van der Waals surface area contributed by atoms with Crippen molar-refractivity contribution < 1.29 is 24.2 Å². The number of hydrogen-bond donors (Lipinski definition) is 3. The second-order valence-electron chi connectivity index (χ2n) is 4.12. The number of amides is 1. The number of nitrogens with one attached hydrogen (secondary N) is 1. The number of rotatable bonds is 3. The predicted molar refractivity (Wildman–Crippen MR) is 74.4 cm³/mol. The fourth-order valence-corrected chi connectivity index (χ4v) is 1.81. The zero-order valence-corrected chi connectivity index (χ0v) is 11.2. The first-order valence-electron chi connectivity index (χ1n) is 5.71. The highest BCUT2D eigenvalue weighted by Crippen LogP contribution is 2.23. The van der Waals surface area contributed by atoms with Gasteiger partial charge in [-0.2, -0.15) is 0 Å². The standard InChI is InChI=1S/C14H9ClFNO4/c15-10-5-7(1-4-11(10)16)13(19)17-8-2-3-9(14(20)21)12(18)6-8/h1-6,18H,(H,17,19)(H,20,21). The molecule has 5 nitrogen and oxygen atoms in total. The van der Waals surface area contributed by atoms with Crippen molar-refractivity contribution in [3.05, 3.63) is 58.4 Å². The smallest absolute Gasteiger partial charge is 0.339 e. The van der Waals surface area contributed by atoms with Gasteiger partial charge in [-0.15, -0.1) is 0 Å². The van der Waals surface area contributed by atoms with Crippen LogP contribution in [-0.2, 0) is 0 Å². The van der Waals surface area contributed by atoms with Crippen molar-refractivity contribution in [2.75, 3.05) is 5.32 Å². The van der Waals surface area contributed by atoms with Crippen molar-refractivity contribution in [2.45, 2.75) is 0 Å². The van der Waals surface area contributed by atoms with Gasteiger partial charge in [0.15, 0.2) is 0 Å². The highest BCUT2D eigenvalue weighted by molar-refractivity contribution is 6.31. The van der Waals surface area contributed by atoms with Crippen LogP contribution in [0.4, 0.5) is 10.1 Å². The molecule has 0 bridgehead atoms. The van der Waals surface area contributed by atoms with Gasteiger partial charge in [0.1, 0.15) is 17.1 Å². The van der Waals surface area contributed by atoms with E-state index in [-0.39, 0.29) is 21.8 Å². The number of carbonyl (C=O) groups is 2. The first-order valence-corrected chi connectivity index (χ1v) is 6.09. The summed E-state index contributed by atoms with van der Waals surface area (Å²) < 4.78 is 13.0. The second-order valence-corrected chi connectivity index (χ2v) is 4.53. The molecule has 7 heteroatoms. The summed E-state index contributed by atoms with van der Waals surface area (Å²) in [5, 5.41) is 20.5. The lowest BCUT2D eigenvalue weighted by Crippen LogP contribution is -2.12. The number of anilines is 1. The molecular formula is C14H9ClFNO4. The van der Waals surface area contributed by atoms with E-state index < -0.39 is 23.4 Å². The number of hydrogen-bond acceptors (Lipinski definition) is 3. The molecule has 0 aliphatic carbocycles. The molecule has 0 spiro atoms. The van der Waals surface area contributed by atoms with E-state index in [2.05, 4.69) is 5.32 Å². The minimum atomic E-state index is -1.28. The van der Waals surface area contributed by atoms with E-state index in [9.17, 15) is 19.1 Å². The van der Waals surface area contributed by atoms with Crippen LogP contribution >= 0.6 is 11.6 Å². The van der Waals surface area contributed by atoms with Gasteiger partial charge in [0, 0.05) is 17.3 Å². The Morgan fingerprint density at radius 1 is 1.14 bits per heavy atom. The van der Waals surface area contributed by atoms with Crippen LogP contribution < -0.4 is 5.32 Å². The van der Waals surface area contributed by atoms with Crippen LogP contribution in [0.15, 0.2) is 36.4 Å². The minimum absolute atomic E-state index is 0.128. The minimum Gasteiger partial charge on any atom is -0.507 e. The third-order valence-electron chi connectivity index (χ3n) is 2.67. The van der Waals surface area contributed by atoms with E-state index in [0.29, 0.717) is 0 Å². The highest BCUT2D eigenvalue weighted by Gasteiger charge is 2.12. The Bertz CT molecular complexity index is 733. The van der Waals surface area contributed by atoms with Gasteiger partial charge < -0.3 is 15.5 Å². The Morgan fingerprint density at radius 2 is 1.86 bits per heavy atom. The molecule has 2 aromatic carbocycles. The third-order valence-corrected chi connectivity index (χ3v) is 2.96. The number of benzene rings is 2. The van der Waals surface area contributed by atoms with E-state index >= 15 is 0 Å². The van der Waals surface area contributed by atoms with Gasteiger partial charge in [-0.25, -0.2) is 9.18 Å².